The number of hydrogen-bond acceptors (Lipinski definition) is 7. The fourth-order valence-corrected chi connectivity index (χ4v) is 4.57. The van der Waals surface area contributed by atoms with Crippen molar-refractivity contribution >= 4 is 17.5 Å². The van der Waals surface area contributed by atoms with E-state index in [1.54, 1.807) is 68.9 Å². The van der Waals surface area contributed by atoms with Gasteiger partial charge in [0.1, 0.15) is 11.7 Å². The van der Waals surface area contributed by atoms with Crippen molar-refractivity contribution in [3.05, 3.63) is 83.2 Å². The molecule has 2 heterocycles. The van der Waals surface area contributed by atoms with Crippen LogP contribution in [0.5, 0.6) is 17.2 Å². The summed E-state index contributed by atoms with van der Waals surface area (Å²) in [7, 11) is 3.06. The first kappa shape index (κ1) is 24.9. The number of carbonyl (C=O) groups is 3. The van der Waals surface area contributed by atoms with Crippen LogP contribution < -0.4 is 14.2 Å². The number of likely N-dealkylation sites (tertiary alicyclic amines) is 1. The number of Topliss-reactive ketones (excluding diaryl/α,β-unsaturated/α-hetero) is 2. The first-order valence-electron chi connectivity index (χ1n) is 11.6. The van der Waals surface area contributed by atoms with Crippen molar-refractivity contribution in [1.29, 1.82) is 0 Å². The Morgan fingerprint density at radius 2 is 1.83 bits per heavy atom. The molecular weight excluding hydrogens is 460 g/mol. The number of aromatic nitrogens is 1. The Hall–Kier alpha value is -4.20. The molecule has 2 unspecified atom stereocenters. The average Bonchev–Trinajstić information content (AvgIpc) is 3.14. The van der Waals surface area contributed by atoms with Crippen LogP contribution in [0.15, 0.2) is 60.9 Å². The SMILES string of the molecule is CCOc1ccc(C2C(C(=O)c3ccc(OC)cc3C)C(=O)C(=O)N2Cc2cccnc2)cc1OC. The lowest BCUT2D eigenvalue weighted by molar-refractivity contribution is -0.141. The van der Waals surface area contributed by atoms with Gasteiger partial charge in [0, 0.05) is 24.5 Å². The van der Waals surface area contributed by atoms with Crippen LogP contribution in [0.3, 0.4) is 0 Å². The summed E-state index contributed by atoms with van der Waals surface area (Å²) < 4.78 is 16.4. The number of ether oxygens (including phenoxy) is 3. The fourth-order valence-electron chi connectivity index (χ4n) is 4.57. The minimum Gasteiger partial charge on any atom is -0.497 e. The summed E-state index contributed by atoms with van der Waals surface area (Å²) >= 11 is 0. The number of carbonyl (C=O) groups excluding carboxylic acids is 3. The lowest BCUT2D eigenvalue weighted by Gasteiger charge is -2.28. The largest absolute Gasteiger partial charge is 0.497 e. The monoisotopic (exact) mass is 488 g/mol. The molecule has 36 heavy (non-hydrogen) atoms. The van der Waals surface area contributed by atoms with Crippen LogP contribution >= 0.6 is 0 Å². The summed E-state index contributed by atoms with van der Waals surface area (Å²) in [6, 6.07) is 13.0. The third-order valence-electron chi connectivity index (χ3n) is 6.29. The van der Waals surface area contributed by atoms with Gasteiger partial charge in [-0.25, -0.2) is 0 Å². The highest BCUT2D eigenvalue weighted by Crippen LogP contribution is 2.42. The summed E-state index contributed by atoms with van der Waals surface area (Å²) in [5.74, 6) is -1.49. The number of methoxy groups -OCH3 is 2. The maximum Gasteiger partial charge on any atom is 0.291 e. The van der Waals surface area contributed by atoms with Gasteiger partial charge in [-0.15, -0.1) is 0 Å². The van der Waals surface area contributed by atoms with E-state index in [-0.39, 0.29) is 6.54 Å². The molecule has 3 aromatic rings. The van der Waals surface area contributed by atoms with E-state index < -0.39 is 29.4 Å². The summed E-state index contributed by atoms with van der Waals surface area (Å²) in [4.78, 5) is 46.0. The Balaban J connectivity index is 1.82. The second kappa shape index (κ2) is 10.6. The van der Waals surface area contributed by atoms with E-state index in [4.69, 9.17) is 14.2 Å². The molecule has 186 valence electrons. The minimum absolute atomic E-state index is 0.129. The zero-order valence-electron chi connectivity index (χ0n) is 20.7. The zero-order valence-corrected chi connectivity index (χ0v) is 20.7. The Morgan fingerprint density at radius 1 is 1.03 bits per heavy atom. The second-order valence-electron chi connectivity index (χ2n) is 8.47. The van der Waals surface area contributed by atoms with Crippen molar-refractivity contribution in [2.45, 2.75) is 26.4 Å². The van der Waals surface area contributed by atoms with Crippen molar-refractivity contribution in [3.63, 3.8) is 0 Å². The Morgan fingerprint density at radius 3 is 2.47 bits per heavy atom. The van der Waals surface area contributed by atoms with Gasteiger partial charge in [0.05, 0.1) is 26.9 Å². The molecular formula is C28H28N2O6. The number of pyridine rings is 1. The van der Waals surface area contributed by atoms with Crippen LogP contribution in [0.2, 0.25) is 0 Å². The normalized spacial score (nSPS) is 17.3. The fraction of sp³-hybridized carbons (Fsp3) is 0.286. The third kappa shape index (κ3) is 4.66. The molecule has 2 aromatic carbocycles. The Labute approximate surface area is 209 Å². The predicted octanol–water partition coefficient (Wildman–Crippen LogP) is 3.96. The van der Waals surface area contributed by atoms with E-state index in [0.717, 1.165) is 5.56 Å². The molecule has 0 radical (unpaired) electrons. The van der Waals surface area contributed by atoms with Gasteiger partial charge in [0.15, 0.2) is 17.3 Å². The van der Waals surface area contributed by atoms with E-state index in [2.05, 4.69) is 4.98 Å². The molecule has 4 rings (SSSR count). The second-order valence-corrected chi connectivity index (χ2v) is 8.47. The predicted molar refractivity (Wildman–Crippen MR) is 132 cm³/mol. The van der Waals surface area contributed by atoms with E-state index in [0.29, 0.717) is 40.5 Å². The van der Waals surface area contributed by atoms with Gasteiger partial charge in [-0.1, -0.05) is 12.1 Å². The molecule has 1 aromatic heterocycles. The summed E-state index contributed by atoms with van der Waals surface area (Å²) in [6.07, 6.45) is 3.27. The Kier molecular flexibility index (Phi) is 7.33. The molecule has 1 aliphatic heterocycles. The smallest absolute Gasteiger partial charge is 0.291 e. The zero-order chi connectivity index (χ0) is 25.8. The molecule has 8 nitrogen and oxygen atoms in total. The van der Waals surface area contributed by atoms with Crippen molar-refractivity contribution in [2.75, 3.05) is 20.8 Å². The standard InChI is InChI=1S/C28H28N2O6/c1-5-36-22-11-8-19(14-23(22)35-4)25-24(26(31)21-10-9-20(34-3)13-17(21)2)27(32)28(33)30(25)16-18-7-6-12-29-15-18/h6-15,24-25H,5,16H2,1-4H3. The molecule has 0 N–H and O–H groups in total. The van der Waals surface area contributed by atoms with Crippen molar-refractivity contribution in [2.24, 2.45) is 5.92 Å². The van der Waals surface area contributed by atoms with Gasteiger partial charge in [0.2, 0.25) is 5.78 Å². The van der Waals surface area contributed by atoms with E-state index >= 15 is 0 Å². The molecule has 0 spiro atoms. The van der Waals surface area contributed by atoms with E-state index in [9.17, 15) is 14.4 Å². The molecule has 1 aliphatic rings. The van der Waals surface area contributed by atoms with Gasteiger partial charge in [-0.2, -0.15) is 0 Å². The number of amides is 1. The maximum atomic E-state index is 13.8. The van der Waals surface area contributed by atoms with Crippen molar-refractivity contribution in [3.8, 4) is 17.2 Å². The topological polar surface area (TPSA) is 95.0 Å². The summed E-state index contributed by atoms with van der Waals surface area (Å²) in [5, 5.41) is 0. The highest BCUT2D eigenvalue weighted by Gasteiger charge is 2.52. The van der Waals surface area contributed by atoms with Crippen molar-refractivity contribution < 1.29 is 28.6 Å². The van der Waals surface area contributed by atoms with Crippen LogP contribution in [-0.4, -0.2) is 48.2 Å². The lowest BCUT2D eigenvalue weighted by atomic mass is 9.85. The van der Waals surface area contributed by atoms with E-state index in [1.807, 2.05) is 13.0 Å². The number of nitrogens with zero attached hydrogens (tertiary/aromatic N) is 2. The van der Waals surface area contributed by atoms with Gasteiger partial charge < -0.3 is 19.1 Å². The highest BCUT2D eigenvalue weighted by atomic mass is 16.5. The summed E-state index contributed by atoms with van der Waals surface area (Å²) in [6.45, 7) is 4.22. The van der Waals surface area contributed by atoms with Gasteiger partial charge in [-0.3, -0.25) is 19.4 Å². The molecule has 1 fully saturated rings. The first-order chi connectivity index (χ1) is 17.4. The minimum atomic E-state index is -1.22. The highest BCUT2D eigenvalue weighted by molar-refractivity contribution is 6.44. The molecule has 1 amide bonds. The molecule has 8 heteroatoms. The molecule has 0 saturated carbocycles. The van der Waals surface area contributed by atoms with Crippen LogP contribution in [0, 0.1) is 12.8 Å². The first-order valence-corrected chi connectivity index (χ1v) is 11.6. The Bertz CT molecular complexity index is 1290. The number of hydrogen-bond donors (Lipinski definition) is 0. The number of rotatable bonds is 9. The van der Waals surface area contributed by atoms with Crippen LogP contribution in [0.4, 0.5) is 0 Å². The molecule has 0 aliphatic carbocycles. The molecule has 2 atom stereocenters. The maximum absolute atomic E-state index is 13.8. The van der Waals surface area contributed by atoms with Crippen LogP contribution in [0.25, 0.3) is 0 Å². The molecule has 0 bridgehead atoms. The summed E-state index contributed by atoms with van der Waals surface area (Å²) in [5.41, 5.74) is 2.37. The van der Waals surface area contributed by atoms with Gasteiger partial charge in [0.25, 0.3) is 5.91 Å². The third-order valence-corrected chi connectivity index (χ3v) is 6.29. The average molecular weight is 489 g/mol. The number of benzene rings is 2. The van der Waals surface area contributed by atoms with Crippen LogP contribution in [0.1, 0.15) is 40.0 Å². The van der Waals surface area contributed by atoms with E-state index in [1.165, 1.54) is 12.0 Å². The number of aryl methyl sites for hydroxylation is 1. The van der Waals surface area contributed by atoms with Gasteiger partial charge in [-0.05, 0) is 66.9 Å². The van der Waals surface area contributed by atoms with Crippen LogP contribution in [-0.2, 0) is 16.1 Å². The lowest BCUT2D eigenvalue weighted by Crippen LogP contribution is -2.30. The quantitative estimate of drug-likeness (QED) is 0.256. The van der Waals surface area contributed by atoms with Crippen molar-refractivity contribution in [1.82, 2.24) is 9.88 Å². The molecule has 1 saturated heterocycles. The number of ketones is 2. The van der Waals surface area contributed by atoms with Gasteiger partial charge >= 0.3 is 0 Å².